The van der Waals surface area contributed by atoms with Crippen molar-refractivity contribution in [3.8, 4) is 6.07 Å². The number of rotatable bonds is 3. The van der Waals surface area contributed by atoms with Gasteiger partial charge in [0.15, 0.2) is 16.7 Å². The maximum Gasteiger partial charge on any atom is 0.251 e. The van der Waals surface area contributed by atoms with Crippen LogP contribution < -0.4 is 5.32 Å². The zero-order chi connectivity index (χ0) is 23.7. The fourth-order valence-corrected chi connectivity index (χ4v) is 5.89. The third-order valence-electron chi connectivity index (χ3n) is 7.29. The lowest BCUT2D eigenvalue weighted by Crippen LogP contribution is -2.58. The Morgan fingerprint density at radius 1 is 1.26 bits per heavy atom. The number of fused-ring (bicyclic) bond motifs is 3. The molecule has 1 amide bonds. The van der Waals surface area contributed by atoms with Gasteiger partial charge in [-0.15, -0.1) is 0 Å². The number of halogens is 1. The van der Waals surface area contributed by atoms with Crippen molar-refractivity contribution >= 4 is 28.3 Å². The van der Waals surface area contributed by atoms with Gasteiger partial charge in [-0.1, -0.05) is 18.2 Å². The summed E-state index contributed by atoms with van der Waals surface area (Å²) in [6, 6.07) is 13.5. The van der Waals surface area contributed by atoms with E-state index in [0.717, 1.165) is 5.52 Å². The number of para-hydroxylation sites is 1. The second-order valence-corrected chi connectivity index (χ2v) is 8.76. The van der Waals surface area contributed by atoms with E-state index >= 15 is 0 Å². The Morgan fingerprint density at radius 2 is 2.09 bits per heavy atom. The van der Waals surface area contributed by atoms with Crippen molar-refractivity contribution in [2.45, 2.75) is 11.5 Å². The molecule has 0 aliphatic carbocycles. The van der Waals surface area contributed by atoms with Crippen molar-refractivity contribution in [2.24, 2.45) is 5.41 Å². The number of hydrogen-bond donors (Lipinski definition) is 3. The minimum atomic E-state index is -1.94. The lowest BCUT2D eigenvalue weighted by atomic mass is 9.59. The molecule has 0 unspecified atom stereocenters. The summed E-state index contributed by atoms with van der Waals surface area (Å²) in [5.41, 5.74) is -2.02. The highest BCUT2D eigenvalue weighted by atomic mass is 19.1. The van der Waals surface area contributed by atoms with Gasteiger partial charge >= 0.3 is 0 Å². The standard InChI is InChI=1S/C25H19FN6O2/c1-32-12-18(22-28-8-9-29-22)24(13-27,21(33)16-11-30-19-5-3-2-4-15(16)19)25(32)17-10-14(26)6-7-20(17)31-23(25)34/h2-11,18,30H,12H2,1H3,(H,28,29)(H,31,34)/t18-,24+,25-/m1/s1. The van der Waals surface area contributed by atoms with Crippen molar-refractivity contribution in [3.63, 3.8) is 0 Å². The number of aromatic nitrogens is 3. The molecular weight excluding hydrogens is 435 g/mol. The Balaban J connectivity index is 1.70. The van der Waals surface area contributed by atoms with Gasteiger partial charge in [-0.25, -0.2) is 9.37 Å². The van der Waals surface area contributed by atoms with Gasteiger partial charge < -0.3 is 15.3 Å². The van der Waals surface area contributed by atoms with Crippen LogP contribution in [0.4, 0.5) is 10.1 Å². The predicted octanol–water partition coefficient (Wildman–Crippen LogP) is 3.30. The SMILES string of the molecule is CN1C[C@H](c2ncc[nH]2)[C@@](C#N)(C(=O)c2c[nH]c3ccccc23)[C@@]12C(=O)Nc1ccc(F)cc12. The molecule has 8 nitrogen and oxygen atoms in total. The number of aromatic amines is 2. The summed E-state index contributed by atoms with van der Waals surface area (Å²) in [6.45, 7) is 0.179. The third kappa shape index (κ3) is 2.25. The summed E-state index contributed by atoms with van der Waals surface area (Å²) in [5, 5.41) is 14.3. The van der Waals surface area contributed by atoms with Crippen molar-refractivity contribution in [1.82, 2.24) is 19.9 Å². The molecule has 2 aromatic carbocycles. The number of anilines is 1. The lowest BCUT2D eigenvalue weighted by molar-refractivity contribution is -0.128. The molecular formula is C25H19FN6O2. The summed E-state index contributed by atoms with van der Waals surface area (Å²) >= 11 is 0. The molecule has 1 fully saturated rings. The van der Waals surface area contributed by atoms with Crippen molar-refractivity contribution in [1.29, 1.82) is 5.26 Å². The Morgan fingerprint density at radius 3 is 2.85 bits per heavy atom. The van der Waals surface area contributed by atoms with Crippen molar-refractivity contribution in [3.05, 3.63) is 83.8 Å². The van der Waals surface area contributed by atoms with E-state index in [9.17, 15) is 19.2 Å². The van der Waals surface area contributed by atoms with Crippen LogP contribution in [0.3, 0.4) is 0 Å². The van der Waals surface area contributed by atoms with Crippen LogP contribution in [-0.2, 0) is 10.3 Å². The first-order valence-corrected chi connectivity index (χ1v) is 10.8. The number of amides is 1. The molecule has 6 rings (SSSR count). The van der Waals surface area contributed by atoms with Crippen LogP contribution in [-0.4, -0.2) is 45.1 Å². The molecule has 3 atom stereocenters. The first-order valence-electron chi connectivity index (χ1n) is 10.8. The lowest BCUT2D eigenvalue weighted by Gasteiger charge is -2.40. The van der Waals surface area contributed by atoms with Gasteiger partial charge in [-0.05, 0) is 31.3 Å². The predicted molar refractivity (Wildman–Crippen MR) is 121 cm³/mol. The number of nitrogens with one attached hydrogen (secondary N) is 3. The highest BCUT2D eigenvalue weighted by Crippen LogP contribution is 2.62. The fourth-order valence-electron chi connectivity index (χ4n) is 5.89. The average molecular weight is 454 g/mol. The van der Waals surface area contributed by atoms with Crippen LogP contribution in [0.25, 0.3) is 10.9 Å². The number of benzene rings is 2. The fraction of sp³-hybridized carbons (Fsp3) is 0.200. The number of Topliss-reactive ketones (excluding diaryl/α,β-unsaturated/α-hetero) is 1. The molecule has 0 bridgehead atoms. The zero-order valence-electron chi connectivity index (χ0n) is 18.1. The van der Waals surface area contributed by atoms with Gasteiger partial charge in [-0.3, -0.25) is 14.5 Å². The number of H-pyrrole nitrogens is 2. The topological polar surface area (TPSA) is 118 Å². The minimum Gasteiger partial charge on any atom is -0.360 e. The van der Waals surface area contributed by atoms with Crippen molar-refractivity contribution in [2.75, 3.05) is 18.9 Å². The number of imidazole rings is 1. The van der Waals surface area contributed by atoms with Gasteiger partial charge in [0.05, 0.1) is 12.0 Å². The minimum absolute atomic E-state index is 0.179. The monoisotopic (exact) mass is 454 g/mol. The molecule has 4 heterocycles. The summed E-state index contributed by atoms with van der Waals surface area (Å²) in [5.74, 6) is -1.99. The van der Waals surface area contributed by atoms with Gasteiger partial charge in [0.2, 0.25) is 0 Å². The molecule has 4 aromatic rings. The molecule has 3 N–H and O–H groups in total. The molecule has 34 heavy (non-hydrogen) atoms. The molecule has 2 aliphatic rings. The highest BCUT2D eigenvalue weighted by Gasteiger charge is 2.75. The maximum atomic E-state index is 14.5. The molecule has 2 aromatic heterocycles. The van der Waals surface area contributed by atoms with Gasteiger partial charge in [-0.2, -0.15) is 5.26 Å². The Bertz CT molecular complexity index is 1520. The smallest absolute Gasteiger partial charge is 0.251 e. The largest absolute Gasteiger partial charge is 0.360 e. The molecule has 0 saturated carbocycles. The number of hydrogen-bond acceptors (Lipinski definition) is 5. The number of carbonyl (C=O) groups is 2. The normalized spacial score (nSPS) is 26.0. The first kappa shape index (κ1) is 20.3. The first-order chi connectivity index (χ1) is 16.4. The van der Waals surface area contributed by atoms with Crippen LogP contribution in [0.1, 0.15) is 27.7 Å². The average Bonchev–Trinajstić information content (AvgIpc) is 3.60. The molecule has 1 spiro atoms. The van der Waals surface area contributed by atoms with E-state index in [-0.39, 0.29) is 12.1 Å². The Labute approximate surface area is 193 Å². The van der Waals surface area contributed by atoms with Gasteiger partial charge in [0, 0.05) is 52.9 Å². The van der Waals surface area contributed by atoms with E-state index in [1.54, 1.807) is 42.7 Å². The highest BCUT2D eigenvalue weighted by molar-refractivity contribution is 6.18. The molecule has 1 saturated heterocycles. The van der Waals surface area contributed by atoms with E-state index in [2.05, 4.69) is 26.3 Å². The number of nitrogens with zero attached hydrogens (tertiary/aromatic N) is 3. The van der Waals surface area contributed by atoms with Crippen LogP contribution in [0.5, 0.6) is 0 Å². The summed E-state index contributed by atoms with van der Waals surface area (Å²) < 4.78 is 14.5. The van der Waals surface area contributed by atoms with E-state index in [4.69, 9.17) is 0 Å². The van der Waals surface area contributed by atoms with Crippen LogP contribution >= 0.6 is 0 Å². The van der Waals surface area contributed by atoms with Gasteiger partial charge in [0.25, 0.3) is 5.91 Å². The van der Waals surface area contributed by atoms with Crippen LogP contribution in [0.2, 0.25) is 0 Å². The third-order valence-corrected chi connectivity index (χ3v) is 7.29. The Kier molecular flexibility index (Phi) is 4.10. The van der Waals surface area contributed by atoms with Crippen molar-refractivity contribution < 1.29 is 14.0 Å². The quantitative estimate of drug-likeness (QED) is 0.411. The van der Waals surface area contributed by atoms with E-state index in [0.29, 0.717) is 22.5 Å². The molecule has 9 heteroatoms. The number of likely N-dealkylation sites (N-methyl/N-ethyl adjacent to an activating group) is 1. The van der Waals surface area contributed by atoms with E-state index in [1.165, 1.54) is 18.2 Å². The number of nitriles is 1. The molecule has 2 aliphatic heterocycles. The van der Waals surface area contributed by atoms with Gasteiger partial charge in [0.1, 0.15) is 11.6 Å². The van der Waals surface area contributed by atoms with Crippen LogP contribution in [0.15, 0.2) is 61.1 Å². The zero-order valence-corrected chi connectivity index (χ0v) is 18.1. The molecule has 0 radical (unpaired) electrons. The number of likely N-dealkylation sites (tertiary alicyclic amines) is 1. The number of ketones is 1. The van der Waals surface area contributed by atoms with E-state index in [1.807, 2.05) is 12.1 Å². The summed E-state index contributed by atoms with van der Waals surface area (Å²) in [6.07, 6.45) is 4.72. The summed E-state index contributed by atoms with van der Waals surface area (Å²) in [7, 11) is 1.68. The van der Waals surface area contributed by atoms with E-state index < -0.39 is 34.4 Å². The second-order valence-electron chi connectivity index (χ2n) is 8.76. The number of carbonyl (C=O) groups excluding carboxylic acids is 2. The maximum absolute atomic E-state index is 14.5. The molecule has 168 valence electrons. The summed E-state index contributed by atoms with van der Waals surface area (Å²) in [4.78, 5) is 40.5. The van der Waals surface area contributed by atoms with Crippen LogP contribution in [0, 0.1) is 22.6 Å². The second kappa shape index (κ2) is 6.85. The Hall–Kier alpha value is -4.29.